The smallest absolute Gasteiger partial charge is 0.107 e. The van der Waals surface area contributed by atoms with Gasteiger partial charge in [-0.05, 0) is 31.0 Å². The second-order valence-corrected chi connectivity index (χ2v) is 6.15. The van der Waals surface area contributed by atoms with Gasteiger partial charge in [0.15, 0.2) is 0 Å². The Labute approximate surface area is 124 Å². The van der Waals surface area contributed by atoms with Crippen LogP contribution >= 0.6 is 11.3 Å². The quantitative estimate of drug-likeness (QED) is 0.827. The van der Waals surface area contributed by atoms with E-state index in [0.29, 0.717) is 0 Å². The number of thiazole rings is 1. The summed E-state index contributed by atoms with van der Waals surface area (Å²) in [4.78, 5) is 7.17. The molecule has 2 heterocycles. The summed E-state index contributed by atoms with van der Waals surface area (Å²) in [5.74, 6) is 0. The molecule has 0 saturated carbocycles. The molecule has 1 N–H and O–H groups in total. The second-order valence-electron chi connectivity index (χ2n) is 5.21. The van der Waals surface area contributed by atoms with Crippen molar-refractivity contribution < 1.29 is 0 Å². The van der Waals surface area contributed by atoms with Crippen LogP contribution in [0.2, 0.25) is 0 Å². The normalized spacial score (nSPS) is 13.8. The number of hydrogen-bond donors (Lipinski definition) is 1. The zero-order valence-corrected chi connectivity index (χ0v) is 12.7. The molecule has 0 fully saturated rings. The summed E-state index contributed by atoms with van der Waals surface area (Å²) in [7, 11) is 0. The number of hydrogen-bond acceptors (Lipinski definition) is 4. The highest BCUT2D eigenvalue weighted by Crippen LogP contribution is 2.28. The molecule has 1 aromatic carbocycles. The Morgan fingerprint density at radius 2 is 2.25 bits per heavy atom. The molecule has 0 amide bonds. The van der Waals surface area contributed by atoms with Crippen molar-refractivity contribution in [1.29, 1.82) is 0 Å². The fourth-order valence-electron chi connectivity index (χ4n) is 2.64. The number of rotatable bonds is 6. The van der Waals surface area contributed by atoms with E-state index in [0.717, 1.165) is 32.6 Å². The highest BCUT2D eigenvalue weighted by molar-refractivity contribution is 7.09. The molecule has 0 aliphatic carbocycles. The van der Waals surface area contributed by atoms with Crippen LogP contribution in [0, 0.1) is 0 Å². The van der Waals surface area contributed by atoms with E-state index >= 15 is 0 Å². The Hall–Kier alpha value is -1.39. The number of anilines is 1. The van der Waals surface area contributed by atoms with Crippen molar-refractivity contribution in [1.82, 2.24) is 10.3 Å². The molecule has 0 atom stereocenters. The third kappa shape index (κ3) is 3.02. The van der Waals surface area contributed by atoms with Gasteiger partial charge in [0.25, 0.3) is 0 Å². The minimum Gasteiger partial charge on any atom is -0.365 e. The third-order valence-electron chi connectivity index (χ3n) is 3.64. The first-order chi connectivity index (χ1) is 9.86. The summed E-state index contributed by atoms with van der Waals surface area (Å²) in [6, 6.07) is 8.70. The molecule has 0 unspecified atom stereocenters. The van der Waals surface area contributed by atoms with Crippen LogP contribution in [0.25, 0.3) is 0 Å². The van der Waals surface area contributed by atoms with Crippen molar-refractivity contribution in [3.05, 3.63) is 45.9 Å². The fraction of sp³-hybridized carbons (Fsp3) is 0.438. The number of nitrogens with one attached hydrogen (secondary N) is 1. The molecule has 3 nitrogen and oxygen atoms in total. The van der Waals surface area contributed by atoms with Crippen LogP contribution in [0.4, 0.5) is 5.69 Å². The van der Waals surface area contributed by atoms with E-state index < -0.39 is 0 Å². The maximum absolute atomic E-state index is 4.73. The first kappa shape index (κ1) is 13.6. The molecule has 1 aliphatic heterocycles. The number of fused-ring (bicyclic) bond motifs is 1. The lowest BCUT2D eigenvalue weighted by Crippen LogP contribution is -2.20. The molecule has 106 valence electrons. The van der Waals surface area contributed by atoms with Gasteiger partial charge in [0.05, 0.1) is 12.2 Å². The Kier molecular flexibility index (Phi) is 4.33. The van der Waals surface area contributed by atoms with Crippen LogP contribution in [0.5, 0.6) is 0 Å². The zero-order chi connectivity index (χ0) is 13.8. The average Bonchev–Trinajstić information content (AvgIpc) is 3.08. The average molecular weight is 287 g/mol. The molecule has 20 heavy (non-hydrogen) atoms. The van der Waals surface area contributed by atoms with Crippen molar-refractivity contribution in [2.45, 2.75) is 32.9 Å². The van der Waals surface area contributed by atoms with E-state index in [4.69, 9.17) is 4.98 Å². The standard InChI is InChI=1S/C16H21N3S/c1-2-8-17-10-16-18-14(12-20-16)11-19-9-7-13-5-3-4-6-15(13)19/h3-6,12,17H,2,7-11H2,1H3. The molecule has 0 bridgehead atoms. The predicted molar refractivity (Wildman–Crippen MR) is 85.3 cm³/mol. The number of benzene rings is 1. The van der Waals surface area contributed by atoms with Gasteiger partial charge >= 0.3 is 0 Å². The van der Waals surface area contributed by atoms with Crippen molar-refractivity contribution in [2.24, 2.45) is 0 Å². The Morgan fingerprint density at radius 1 is 1.35 bits per heavy atom. The van der Waals surface area contributed by atoms with Gasteiger partial charge in [-0.1, -0.05) is 25.1 Å². The lowest BCUT2D eigenvalue weighted by atomic mass is 10.2. The molecular weight excluding hydrogens is 266 g/mol. The third-order valence-corrected chi connectivity index (χ3v) is 4.54. The minimum atomic E-state index is 0.898. The van der Waals surface area contributed by atoms with Crippen molar-refractivity contribution in [2.75, 3.05) is 18.0 Å². The van der Waals surface area contributed by atoms with Gasteiger partial charge in [0.2, 0.25) is 0 Å². The van der Waals surface area contributed by atoms with E-state index in [1.165, 1.54) is 28.4 Å². The Balaban J connectivity index is 1.62. The van der Waals surface area contributed by atoms with Crippen molar-refractivity contribution >= 4 is 17.0 Å². The van der Waals surface area contributed by atoms with E-state index in [1.807, 2.05) is 0 Å². The predicted octanol–water partition coefficient (Wildman–Crippen LogP) is 3.21. The van der Waals surface area contributed by atoms with Gasteiger partial charge in [-0.25, -0.2) is 4.98 Å². The molecule has 0 saturated heterocycles. The number of aromatic nitrogens is 1. The van der Waals surface area contributed by atoms with E-state index in [9.17, 15) is 0 Å². The Morgan fingerprint density at radius 3 is 3.15 bits per heavy atom. The minimum absolute atomic E-state index is 0.898. The van der Waals surface area contributed by atoms with Crippen LogP contribution in [-0.4, -0.2) is 18.1 Å². The first-order valence-corrected chi connectivity index (χ1v) is 8.21. The molecule has 1 aliphatic rings. The van der Waals surface area contributed by atoms with Crippen molar-refractivity contribution in [3.63, 3.8) is 0 Å². The summed E-state index contributed by atoms with van der Waals surface area (Å²) in [6.07, 6.45) is 2.33. The SMILES string of the molecule is CCCNCc1nc(CN2CCc3ccccc32)cs1. The van der Waals surface area contributed by atoms with E-state index in [2.05, 4.69) is 46.8 Å². The van der Waals surface area contributed by atoms with Gasteiger partial charge in [0, 0.05) is 24.2 Å². The highest BCUT2D eigenvalue weighted by Gasteiger charge is 2.19. The van der Waals surface area contributed by atoms with Crippen LogP contribution in [0.15, 0.2) is 29.6 Å². The molecular formula is C16H21N3S. The summed E-state index contributed by atoms with van der Waals surface area (Å²) >= 11 is 1.76. The van der Waals surface area contributed by atoms with Crippen LogP contribution in [-0.2, 0) is 19.5 Å². The molecule has 0 spiro atoms. The fourth-order valence-corrected chi connectivity index (χ4v) is 3.40. The van der Waals surface area contributed by atoms with Crippen LogP contribution < -0.4 is 10.2 Å². The maximum atomic E-state index is 4.73. The van der Waals surface area contributed by atoms with Crippen LogP contribution in [0.1, 0.15) is 29.6 Å². The summed E-state index contributed by atoms with van der Waals surface area (Å²) in [5, 5.41) is 6.80. The maximum Gasteiger partial charge on any atom is 0.107 e. The van der Waals surface area contributed by atoms with Gasteiger partial charge < -0.3 is 10.2 Å². The second kappa shape index (κ2) is 6.37. The first-order valence-electron chi connectivity index (χ1n) is 7.33. The molecule has 4 heteroatoms. The topological polar surface area (TPSA) is 28.2 Å². The van der Waals surface area contributed by atoms with Gasteiger partial charge in [0.1, 0.15) is 5.01 Å². The monoisotopic (exact) mass is 287 g/mol. The van der Waals surface area contributed by atoms with Crippen LogP contribution in [0.3, 0.4) is 0 Å². The summed E-state index contributed by atoms with van der Waals surface area (Å²) in [6.45, 7) is 6.19. The van der Waals surface area contributed by atoms with Gasteiger partial charge in [-0.15, -0.1) is 11.3 Å². The molecule has 1 aromatic heterocycles. The van der Waals surface area contributed by atoms with Gasteiger partial charge in [-0.2, -0.15) is 0 Å². The zero-order valence-electron chi connectivity index (χ0n) is 11.9. The summed E-state index contributed by atoms with van der Waals surface area (Å²) < 4.78 is 0. The lowest BCUT2D eigenvalue weighted by molar-refractivity contribution is 0.670. The Bertz CT molecular complexity index is 564. The number of para-hydroxylation sites is 1. The summed E-state index contributed by atoms with van der Waals surface area (Å²) in [5.41, 5.74) is 4.04. The molecule has 0 radical (unpaired) electrons. The highest BCUT2D eigenvalue weighted by atomic mass is 32.1. The molecule has 3 rings (SSSR count). The van der Waals surface area contributed by atoms with Crippen molar-refractivity contribution in [3.8, 4) is 0 Å². The van der Waals surface area contributed by atoms with Gasteiger partial charge in [-0.3, -0.25) is 0 Å². The number of nitrogens with zero attached hydrogens (tertiary/aromatic N) is 2. The lowest BCUT2D eigenvalue weighted by Gasteiger charge is -2.17. The largest absolute Gasteiger partial charge is 0.365 e. The van der Waals surface area contributed by atoms with E-state index in [1.54, 1.807) is 11.3 Å². The van der Waals surface area contributed by atoms with E-state index in [-0.39, 0.29) is 0 Å². The molecule has 2 aromatic rings.